The van der Waals surface area contributed by atoms with E-state index in [0.717, 1.165) is 24.5 Å². The minimum atomic E-state index is 0.517. The van der Waals surface area contributed by atoms with Crippen LogP contribution in [0.25, 0.3) is 0 Å². The van der Waals surface area contributed by atoms with Gasteiger partial charge in [-0.25, -0.2) is 0 Å². The average Bonchev–Trinajstić information content (AvgIpc) is 2.28. The van der Waals surface area contributed by atoms with Crippen LogP contribution in [0.4, 0.5) is 0 Å². The lowest BCUT2D eigenvalue weighted by atomic mass is 10.2. The maximum atomic E-state index is 5.59. The van der Waals surface area contributed by atoms with Gasteiger partial charge in [0.15, 0.2) is 0 Å². The second-order valence-electron chi connectivity index (χ2n) is 4.39. The third-order valence-electron chi connectivity index (χ3n) is 2.68. The number of pyridine rings is 1. The lowest BCUT2D eigenvalue weighted by molar-refractivity contribution is 0.210. The van der Waals surface area contributed by atoms with Gasteiger partial charge in [-0.1, -0.05) is 13.0 Å². The van der Waals surface area contributed by atoms with Gasteiger partial charge < -0.3 is 5.73 Å². The molecular formula is C13H23N3. The van der Waals surface area contributed by atoms with Crippen molar-refractivity contribution in [2.75, 3.05) is 6.54 Å². The molecule has 0 spiro atoms. The normalized spacial score (nSPS) is 11.4. The fourth-order valence-corrected chi connectivity index (χ4v) is 1.75. The summed E-state index contributed by atoms with van der Waals surface area (Å²) in [6.07, 6.45) is 1.18. The molecule has 0 aromatic carbocycles. The Morgan fingerprint density at radius 3 is 2.56 bits per heavy atom. The topological polar surface area (TPSA) is 42.1 Å². The van der Waals surface area contributed by atoms with E-state index in [1.54, 1.807) is 0 Å². The first-order valence-corrected chi connectivity index (χ1v) is 6.06. The molecule has 0 bridgehead atoms. The van der Waals surface area contributed by atoms with Crippen LogP contribution in [0, 0.1) is 0 Å². The molecule has 0 radical (unpaired) electrons. The molecule has 16 heavy (non-hydrogen) atoms. The highest BCUT2D eigenvalue weighted by Crippen LogP contribution is 2.07. The third-order valence-corrected chi connectivity index (χ3v) is 2.68. The van der Waals surface area contributed by atoms with E-state index < -0.39 is 0 Å². The highest BCUT2D eigenvalue weighted by molar-refractivity contribution is 5.11. The van der Waals surface area contributed by atoms with E-state index in [-0.39, 0.29) is 0 Å². The molecule has 1 aromatic heterocycles. The maximum Gasteiger partial charge on any atom is 0.0547 e. The van der Waals surface area contributed by atoms with E-state index in [4.69, 9.17) is 5.73 Å². The number of rotatable bonds is 6. The third kappa shape index (κ3) is 3.91. The molecule has 2 N–H and O–H groups in total. The van der Waals surface area contributed by atoms with Gasteiger partial charge in [-0.15, -0.1) is 0 Å². The molecule has 0 unspecified atom stereocenters. The van der Waals surface area contributed by atoms with Crippen molar-refractivity contribution in [2.24, 2.45) is 5.73 Å². The van der Waals surface area contributed by atoms with E-state index in [1.807, 2.05) is 12.1 Å². The molecule has 3 nitrogen and oxygen atoms in total. The Hall–Kier alpha value is -0.930. The lowest BCUT2D eigenvalue weighted by Crippen LogP contribution is -2.31. The van der Waals surface area contributed by atoms with Crippen molar-refractivity contribution in [3.05, 3.63) is 29.6 Å². The number of nitrogens with two attached hydrogens (primary N) is 1. The lowest BCUT2D eigenvalue weighted by Gasteiger charge is -2.25. The first-order chi connectivity index (χ1) is 7.67. The molecule has 0 fully saturated rings. The summed E-state index contributed by atoms with van der Waals surface area (Å²) in [4.78, 5) is 6.96. The number of hydrogen-bond donors (Lipinski definition) is 1. The van der Waals surface area contributed by atoms with Crippen LogP contribution in [0.1, 0.15) is 38.6 Å². The highest BCUT2D eigenvalue weighted by Gasteiger charge is 2.09. The van der Waals surface area contributed by atoms with Crippen molar-refractivity contribution in [2.45, 2.75) is 46.3 Å². The smallest absolute Gasteiger partial charge is 0.0547 e. The Morgan fingerprint density at radius 2 is 2.00 bits per heavy atom. The summed E-state index contributed by atoms with van der Waals surface area (Å²) in [6.45, 7) is 9.21. The fourth-order valence-electron chi connectivity index (χ4n) is 1.75. The van der Waals surface area contributed by atoms with Gasteiger partial charge in [-0.3, -0.25) is 9.88 Å². The van der Waals surface area contributed by atoms with Crippen molar-refractivity contribution in [3.8, 4) is 0 Å². The maximum absolute atomic E-state index is 5.59. The van der Waals surface area contributed by atoms with Gasteiger partial charge in [-0.05, 0) is 38.9 Å². The van der Waals surface area contributed by atoms with Crippen molar-refractivity contribution < 1.29 is 0 Å². The first kappa shape index (κ1) is 13.1. The second kappa shape index (κ2) is 6.61. The summed E-state index contributed by atoms with van der Waals surface area (Å²) in [7, 11) is 0. The molecule has 0 aliphatic rings. The summed E-state index contributed by atoms with van der Waals surface area (Å²) >= 11 is 0. The zero-order valence-corrected chi connectivity index (χ0v) is 10.6. The first-order valence-electron chi connectivity index (χ1n) is 6.06. The zero-order chi connectivity index (χ0) is 12.0. The van der Waals surface area contributed by atoms with Gasteiger partial charge >= 0.3 is 0 Å². The minimum absolute atomic E-state index is 0.517. The van der Waals surface area contributed by atoms with Crippen LogP contribution in [0.3, 0.4) is 0 Å². The molecule has 0 saturated carbocycles. The van der Waals surface area contributed by atoms with Crippen molar-refractivity contribution in [1.29, 1.82) is 0 Å². The standard InChI is InChI=1S/C13H23N3/c1-4-8-16(11(2)3)10-13-7-5-6-12(9-14)15-13/h5-7,11H,4,8-10,14H2,1-3H3. The number of aromatic nitrogens is 1. The van der Waals surface area contributed by atoms with Crippen LogP contribution in [0.2, 0.25) is 0 Å². The number of nitrogens with zero attached hydrogens (tertiary/aromatic N) is 2. The summed E-state index contributed by atoms with van der Waals surface area (Å²) in [5.74, 6) is 0. The Morgan fingerprint density at radius 1 is 1.31 bits per heavy atom. The minimum Gasteiger partial charge on any atom is -0.325 e. The monoisotopic (exact) mass is 221 g/mol. The molecule has 1 heterocycles. The largest absolute Gasteiger partial charge is 0.325 e. The summed E-state index contributed by atoms with van der Waals surface area (Å²) in [6, 6.07) is 6.64. The Kier molecular flexibility index (Phi) is 5.43. The van der Waals surface area contributed by atoms with E-state index in [2.05, 4.69) is 36.7 Å². The van der Waals surface area contributed by atoms with Gasteiger partial charge in [0, 0.05) is 19.1 Å². The second-order valence-corrected chi connectivity index (χ2v) is 4.39. The SMILES string of the molecule is CCCN(Cc1cccc(CN)n1)C(C)C. The zero-order valence-electron chi connectivity index (χ0n) is 10.6. The summed E-state index contributed by atoms with van der Waals surface area (Å²) in [5.41, 5.74) is 7.68. The fraction of sp³-hybridized carbons (Fsp3) is 0.615. The molecule has 0 amide bonds. The molecule has 3 heteroatoms. The quantitative estimate of drug-likeness (QED) is 0.800. The molecule has 0 aliphatic carbocycles. The van der Waals surface area contributed by atoms with Crippen molar-refractivity contribution >= 4 is 0 Å². The molecule has 0 saturated heterocycles. The Bertz CT molecular complexity index is 310. The Labute approximate surface area is 98.7 Å². The van der Waals surface area contributed by atoms with Crippen molar-refractivity contribution in [3.63, 3.8) is 0 Å². The molecule has 1 rings (SSSR count). The predicted octanol–water partition coefficient (Wildman–Crippen LogP) is 2.16. The van der Waals surface area contributed by atoms with Gasteiger partial charge in [0.25, 0.3) is 0 Å². The van der Waals surface area contributed by atoms with E-state index in [9.17, 15) is 0 Å². The molecular weight excluding hydrogens is 198 g/mol. The molecule has 0 atom stereocenters. The van der Waals surface area contributed by atoms with Crippen molar-refractivity contribution in [1.82, 2.24) is 9.88 Å². The van der Waals surface area contributed by atoms with Gasteiger partial charge in [0.1, 0.15) is 0 Å². The van der Waals surface area contributed by atoms with Crippen LogP contribution >= 0.6 is 0 Å². The molecule has 0 aliphatic heterocycles. The molecule has 1 aromatic rings. The van der Waals surface area contributed by atoms with Gasteiger partial charge in [0.2, 0.25) is 0 Å². The van der Waals surface area contributed by atoms with E-state index in [0.29, 0.717) is 12.6 Å². The number of hydrogen-bond acceptors (Lipinski definition) is 3. The van der Waals surface area contributed by atoms with Crippen LogP contribution in [-0.2, 0) is 13.1 Å². The molecule has 90 valence electrons. The van der Waals surface area contributed by atoms with Gasteiger partial charge in [-0.2, -0.15) is 0 Å². The van der Waals surface area contributed by atoms with Crippen LogP contribution in [0.5, 0.6) is 0 Å². The van der Waals surface area contributed by atoms with E-state index >= 15 is 0 Å². The van der Waals surface area contributed by atoms with Crippen LogP contribution < -0.4 is 5.73 Å². The summed E-state index contributed by atoms with van der Waals surface area (Å²) in [5, 5.41) is 0. The van der Waals surface area contributed by atoms with Crippen LogP contribution in [0.15, 0.2) is 18.2 Å². The predicted molar refractivity (Wildman–Crippen MR) is 68.0 cm³/mol. The van der Waals surface area contributed by atoms with Gasteiger partial charge in [0.05, 0.1) is 11.4 Å². The Balaban J connectivity index is 2.68. The van der Waals surface area contributed by atoms with Crippen LogP contribution in [-0.4, -0.2) is 22.5 Å². The highest BCUT2D eigenvalue weighted by atomic mass is 15.1. The average molecular weight is 221 g/mol. The van der Waals surface area contributed by atoms with E-state index in [1.165, 1.54) is 6.42 Å². The summed E-state index contributed by atoms with van der Waals surface area (Å²) < 4.78 is 0.